The van der Waals surface area contributed by atoms with Crippen molar-refractivity contribution in [1.82, 2.24) is 0 Å². The number of carbonyl (C=O) groups is 3. The molecule has 0 heterocycles. The van der Waals surface area contributed by atoms with Crippen LogP contribution in [0.15, 0.2) is 12.2 Å². The van der Waals surface area contributed by atoms with Gasteiger partial charge in [0.2, 0.25) is 0 Å². The summed E-state index contributed by atoms with van der Waals surface area (Å²) in [5.74, 6) is -1.97. The fourth-order valence-corrected chi connectivity index (χ4v) is 11.7. The summed E-state index contributed by atoms with van der Waals surface area (Å²) < 4.78 is 23.0. The summed E-state index contributed by atoms with van der Waals surface area (Å²) in [7, 11) is 6.00. The Morgan fingerprint density at radius 3 is 0.871 bits per heavy atom. The lowest BCUT2D eigenvalue weighted by molar-refractivity contribution is -0.870. The number of aliphatic carboxylic acids is 1. The average Bonchev–Trinajstić information content (AvgIpc) is 3.49. The molecular weight excluding hydrogens is 1050 g/mol. The number of ether oxygens (including phenoxy) is 4. The first-order valence-corrected chi connectivity index (χ1v) is 37.9. The van der Waals surface area contributed by atoms with Gasteiger partial charge >= 0.3 is 17.9 Å². The zero-order valence-corrected chi connectivity index (χ0v) is 57.8. The summed E-state index contributed by atoms with van der Waals surface area (Å²) in [6.07, 6.45) is 80.8. The van der Waals surface area contributed by atoms with Crippen LogP contribution in [0.5, 0.6) is 0 Å². The van der Waals surface area contributed by atoms with E-state index >= 15 is 0 Å². The van der Waals surface area contributed by atoms with Crippen LogP contribution in [0.2, 0.25) is 0 Å². The van der Waals surface area contributed by atoms with E-state index in [2.05, 4.69) is 26.0 Å². The van der Waals surface area contributed by atoms with Crippen LogP contribution in [-0.4, -0.2) is 87.4 Å². The number of carbonyl (C=O) groups excluding carboxylic acids is 2. The van der Waals surface area contributed by atoms with Gasteiger partial charge in [-0.05, 0) is 38.5 Å². The Morgan fingerprint density at radius 1 is 0.341 bits per heavy atom. The summed E-state index contributed by atoms with van der Waals surface area (Å²) in [6, 6.07) is 0. The first-order chi connectivity index (χ1) is 41.6. The van der Waals surface area contributed by atoms with Gasteiger partial charge in [0, 0.05) is 12.8 Å². The molecule has 504 valence electrons. The lowest BCUT2D eigenvalue weighted by Gasteiger charge is -2.25. The molecule has 2 atom stereocenters. The van der Waals surface area contributed by atoms with E-state index in [1.165, 1.54) is 334 Å². The lowest BCUT2D eigenvalue weighted by Crippen LogP contribution is -2.40. The van der Waals surface area contributed by atoms with Gasteiger partial charge in [0.05, 0.1) is 34.4 Å². The number of nitrogens with zero attached hydrogens (tertiary/aromatic N) is 1. The molecule has 0 aliphatic rings. The highest BCUT2D eigenvalue weighted by molar-refractivity contribution is 5.71. The van der Waals surface area contributed by atoms with Gasteiger partial charge in [-0.1, -0.05) is 360 Å². The second kappa shape index (κ2) is 68.0. The number of unbranched alkanes of at least 4 members (excludes halogenated alkanes) is 55. The van der Waals surface area contributed by atoms with Crippen molar-refractivity contribution in [3.63, 3.8) is 0 Å². The van der Waals surface area contributed by atoms with E-state index in [1.807, 2.05) is 21.1 Å². The number of likely N-dealkylation sites (N-methyl/N-ethyl adjacent to an activating group) is 1. The topological polar surface area (TPSA) is 108 Å². The minimum Gasteiger partial charge on any atom is -0.477 e. The Kier molecular flexibility index (Phi) is 66.4. The summed E-state index contributed by atoms with van der Waals surface area (Å²) >= 11 is 0. The van der Waals surface area contributed by atoms with Gasteiger partial charge in [-0.2, -0.15) is 0 Å². The highest BCUT2D eigenvalue weighted by Crippen LogP contribution is 2.20. The van der Waals surface area contributed by atoms with Crippen molar-refractivity contribution < 1.29 is 42.9 Å². The second-order valence-corrected chi connectivity index (χ2v) is 27.3. The van der Waals surface area contributed by atoms with Crippen molar-refractivity contribution in [3.05, 3.63) is 12.2 Å². The third kappa shape index (κ3) is 69.4. The highest BCUT2D eigenvalue weighted by atomic mass is 16.7. The number of hydrogen-bond donors (Lipinski definition) is 1. The molecule has 0 aromatic heterocycles. The molecule has 2 unspecified atom stereocenters. The number of quaternary nitrogens is 1. The molecule has 0 amide bonds. The molecular formula is C76H148NO8+. The summed E-state index contributed by atoms with van der Waals surface area (Å²) in [4.78, 5) is 37.6. The van der Waals surface area contributed by atoms with Crippen LogP contribution >= 0.6 is 0 Å². The highest BCUT2D eigenvalue weighted by Gasteiger charge is 2.25. The molecule has 0 bridgehead atoms. The quantitative estimate of drug-likeness (QED) is 0.0211. The van der Waals surface area contributed by atoms with Crippen LogP contribution in [0.4, 0.5) is 0 Å². The predicted octanol–water partition coefficient (Wildman–Crippen LogP) is 23.6. The number of carboxylic acids is 1. The van der Waals surface area contributed by atoms with E-state index in [4.69, 9.17) is 18.9 Å². The Hall–Kier alpha value is -1.97. The van der Waals surface area contributed by atoms with Crippen molar-refractivity contribution in [1.29, 1.82) is 0 Å². The first kappa shape index (κ1) is 83.0. The van der Waals surface area contributed by atoms with Crippen molar-refractivity contribution in [2.24, 2.45) is 0 Å². The van der Waals surface area contributed by atoms with E-state index < -0.39 is 18.4 Å². The Labute approximate surface area is 529 Å². The monoisotopic (exact) mass is 1200 g/mol. The number of hydrogen-bond acceptors (Lipinski definition) is 7. The van der Waals surface area contributed by atoms with Gasteiger partial charge in [0.25, 0.3) is 6.29 Å². The van der Waals surface area contributed by atoms with E-state index in [0.29, 0.717) is 17.4 Å². The maximum atomic E-state index is 12.9. The van der Waals surface area contributed by atoms with Crippen LogP contribution in [-0.2, 0) is 33.3 Å². The van der Waals surface area contributed by atoms with E-state index in [1.54, 1.807) is 0 Å². The van der Waals surface area contributed by atoms with Crippen molar-refractivity contribution >= 4 is 17.9 Å². The Balaban J connectivity index is 3.89. The fourth-order valence-electron chi connectivity index (χ4n) is 11.7. The lowest BCUT2D eigenvalue weighted by atomic mass is 10.0. The molecule has 0 aliphatic carbocycles. The maximum absolute atomic E-state index is 12.9. The summed E-state index contributed by atoms with van der Waals surface area (Å²) in [5, 5.41) is 9.74. The average molecular weight is 1200 g/mol. The Morgan fingerprint density at radius 2 is 0.600 bits per heavy atom. The number of esters is 2. The number of allylic oxidation sites excluding steroid dienone is 2. The summed E-state index contributed by atoms with van der Waals surface area (Å²) in [5.41, 5.74) is 0. The Bertz CT molecular complexity index is 1400. The maximum Gasteiger partial charge on any atom is 0.361 e. The third-order valence-electron chi connectivity index (χ3n) is 17.5. The van der Waals surface area contributed by atoms with Crippen molar-refractivity contribution in [3.8, 4) is 0 Å². The van der Waals surface area contributed by atoms with Crippen molar-refractivity contribution in [2.45, 2.75) is 411 Å². The van der Waals surface area contributed by atoms with Gasteiger partial charge in [-0.25, -0.2) is 4.79 Å². The molecule has 0 aromatic carbocycles. The van der Waals surface area contributed by atoms with Crippen LogP contribution in [0.3, 0.4) is 0 Å². The smallest absolute Gasteiger partial charge is 0.361 e. The van der Waals surface area contributed by atoms with Crippen molar-refractivity contribution in [2.75, 3.05) is 47.5 Å². The van der Waals surface area contributed by atoms with E-state index in [9.17, 15) is 19.5 Å². The van der Waals surface area contributed by atoms with Crippen LogP contribution < -0.4 is 0 Å². The molecule has 0 fully saturated rings. The largest absolute Gasteiger partial charge is 0.477 e. The molecule has 9 heteroatoms. The molecule has 0 aromatic rings. The number of carboxylic acid groups (broad SMARTS) is 1. The normalized spacial score (nSPS) is 12.6. The summed E-state index contributed by atoms with van der Waals surface area (Å²) in [6.45, 7) is 4.96. The van der Waals surface area contributed by atoms with E-state index in [-0.39, 0.29) is 38.2 Å². The second-order valence-electron chi connectivity index (χ2n) is 27.3. The molecule has 9 nitrogen and oxygen atoms in total. The van der Waals surface area contributed by atoms with Gasteiger partial charge in [-0.3, -0.25) is 9.59 Å². The zero-order valence-electron chi connectivity index (χ0n) is 57.8. The van der Waals surface area contributed by atoms with Gasteiger partial charge in [0.1, 0.15) is 13.2 Å². The third-order valence-corrected chi connectivity index (χ3v) is 17.5. The van der Waals surface area contributed by atoms with Crippen LogP contribution in [0, 0.1) is 0 Å². The predicted molar refractivity (Wildman–Crippen MR) is 365 cm³/mol. The molecule has 1 N–H and O–H groups in total. The zero-order chi connectivity index (χ0) is 61.9. The molecule has 0 radical (unpaired) electrons. The van der Waals surface area contributed by atoms with Crippen LogP contribution in [0.1, 0.15) is 399 Å². The first-order valence-electron chi connectivity index (χ1n) is 37.9. The molecule has 85 heavy (non-hydrogen) atoms. The molecule has 0 aliphatic heterocycles. The minimum atomic E-state index is -1.51. The van der Waals surface area contributed by atoms with E-state index in [0.717, 1.165) is 38.5 Å². The SMILES string of the molecule is CCCCCCCCCC/C=C\CCCCCCCCCCCCCCCCCCCCCCCCCCCCCCCC(=O)OC(COC(=O)CCCCCCCCCCCCCCCCCCCCC)COC(OCC[N+](C)(C)C)C(=O)O. The molecule has 0 spiro atoms. The van der Waals surface area contributed by atoms with Gasteiger partial charge in [0.15, 0.2) is 6.10 Å². The number of rotatable bonds is 72. The fraction of sp³-hybridized carbons (Fsp3) is 0.934. The molecule has 0 saturated heterocycles. The molecule has 0 saturated carbocycles. The standard InChI is InChI=1S/C76H147NO8/c1-6-8-10-12-14-16-18-20-22-24-26-27-28-29-30-31-32-33-34-35-36-37-38-39-40-41-42-43-44-45-46-47-49-51-53-55-57-59-61-63-65-67-74(79)85-72(71-84-76(75(80)81)82-69-68-77(3,4)5)70-83-73(78)66-64-62-60-58-56-54-52-50-48-25-23-21-19-17-15-13-11-9-7-2/h24,26,72,76H,6-23,25,27-71H2,1-5H3/p+1/b26-24-. The molecule has 0 rings (SSSR count). The van der Waals surface area contributed by atoms with Gasteiger partial charge < -0.3 is 28.5 Å². The minimum absolute atomic E-state index is 0.173. The van der Waals surface area contributed by atoms with Gasteiger partial charge in [-0.15, -0.1) is 0 Å². The van der Waals surface area contributed by atoms with Crippen LogP contribution in [0.25, 0.3) is 0 Å².